The molecule has 0 amide bonds. The molecule has 1 aromatic rings. The lowest BCUT2D eigenvalue weighted by atomic mass is 9.75. The van der Waals surface area contributed by atoms with Gasteiger partial charge in [0.15, 0.2) is 0 Å². The molecule has 5 heteroatoms. The monoisotopic (exact) mass is 236 g/mol. The lowest BCUT2D eigenvalue weighted by Gasteiger charge is -2.51. The first kappa shape index (κ1) is 12.4. The molecule has 2 heterocycles. The summed E-state index contributed by atoms with van der Waals surface area (Å²) in [6.45, 7) is 8.18. The molecule has 1 aliphatic rings. The third-order valence-electron chi connectivity index (χ3n) is 3.52. The second kappa shape index (κ2) is 3.99. The summed E-state index contributed by atoms with van der Waals surface area (Å²) in [5, 5.41) is 11.7. The molecule has 0 spiro atoms. The minimum atomic E-state index is -0.265. The van der Waals surface area contributed by atoms with E-state index in [1.54, 1.807) is 0 Å². The molecule has 0 radical (unpaired) electrons. The summed E-state index contributed by atoms with van der Waals surface area (Å²) in [5.74, 6) is 1.10. The molecule has 1 saturated heterocycles. The number of aromatic nitrogens is 3. The number of hydroxylamine groups is 2. The fourth-order valence-corrected chi connectivity index (χ4v) is 2.91. The Labute approximate surface area is 102 Å². The van der Waals surface area contributed by atoms with Gasteiger partial charge in [-0.2, -0.15) is 5.06 Å². The van der Waals surface area contributed by atoms with Crippen molar-refractivity contribution < 1.29 is 5.21 Å². The van der Waals surface area contributed by atoms with Gasteiger partial charge in [0, 0.05) is 17.0 Å². The van der Waals surface area contributed by atoms with E-state index in [0.717, 1.165) is 18.7 Å². The quantitative estimate of drug-likeness (QED) is 0.808. The van der Waals surface area contributed by atoms with E-state index < -0.39 is 0 Å². The van der Waals surface area contributed by atoms with Crippen LogP contribution in [0.15, 0.2) is 12.7 Å². The molecule has 1 N–H and O–H groups in total. The van der Waals surface area contributed by atoms with Gasteiger partial charge in [-0.25, -0.2) is 15.0 Å². The van der Waals surface area contributed by atoms with Gasteiger partial charge in [-0.1, -0.05) is 0 Å². The molecule has 0 bridgehead atoms. The lowest BCUT2D eigenvalue weighted by molar-refractivity contribution is -0.245. The summed E-state index contributed by atoms with van der Waals surface area (Å²) in [5.41, 5.74) is -0.530. The average molecular weight is 236 g/mol. The zero-order valence-electron chi connectivity index (χ0n) is 10.9. The van der Waals surface area contributed by atoms with Gasteiger partial charge in [-0.05, 0) is 40.5 Å². The van der Waals surface area contributed by atoms with Crippen LogP contribution < -0.4 is 0 Å². The minimum absolute atomic E-state index is 0.265. The van der Waals surface area contributed by atoms with Gasteiger partial charge in [-0.3, -0.25) is 0 Å². The summed E-state index contributed by atoms with van der Waals surface area (Å²) in [6, 6.07) is 0. The van der Waals surface area contributed by atoms with E-state index >= 15 is 0 Å². The Morgan fingerprint density at radius 2 is 1.59 bits per heavy atom. The van der Waals surface area contributed by atoms with Crippen LogP contribution in [0.2, 0.25) is 0 Å². The van der Waals surface area contributed by atoms with Gasteiger partial charge in [0.25, 0.3) is 0 Å². The zero-order valence-corrected chi connectivity index (χ0v) is 10.9. The molecule has 0 aliphatic carbocycles. The smallest absolute Gasteiger partial charge is 0.135 e. The molecule has 94 valence electrons. The van der Waals surface area contributed by atoms with Crippen LogP contribution in [0, 0.1) is 0 Å². The van der Waals surface area contributed by atoms with E-state index in [0.29, 0.717) is 0 Å². The van der Waals surface area contributed by atoms with Gasteiger partial charge in [0.05, 0.1) is 0 Å². The first-order valence-corrected chi connectivity index (χ1v) is 5.94. The van der Waals surface area contributed by atoms with Crippen molar-refractivity contribution in [3.05, 3.63) is 18.5 Å². The Morgan fingerprint density at radius 1 is 1.12 bits per heavy atom. The molecule has 1 aromatic heterocycles. The zero-order chi connectivity index (χ0) is 12.7. The third-order valence-corrected chi connectivity index (χ3v) is 3.52. The van der Waals surface area contributed by atoms with Gasteiger partial charge >= 0.3 is 0 Å². The summed E-state index contributed by atoms with van der Waals surface area (Å²) < 4.78 is 0. The standard InChI is InChI=1S/C12H20N4O/c1-11(2)5-9(6-12(3,4)16(11)17)10-14-7-13-8-15-10/h7-9,17H,5-6H2,1-4H3. The Kier molecular flexibility index (Phi) is 2.91. The average Bonchev–Trinajstić information content (AvgIpc) is 2.26. The molecule has 0 aromatic carbocycles. The van der Waals surface area contributed by atoms with Crippen LogP contribution in [-0.2, 0) is 0 Å². The molecule has 0 atom stereocenters. The number of piperidine rings is 1. The van der Waals surface area contributed by atoms with Crippen LogP contribution >= 0.6 is 0 Å². The Bertz CT molecular complexity index is 373. The highest BCUT2D eigenvalue weighted by Crippen LogP contribution is 2.43. The van der Waals surface area contributed by atoms with E-state index in [1.165, 1.54) is 17.7 Å². The molecule has 0 unspecified atom stereocenters. The SMILES string of the molecule is CC1(C)CC(c2ncncn2)CC(C)(C)N1O. The van der Waals surface area contributed by atoms with E-state index in [1.807, 2.05) is 27.7 Å². The van der Waals surface area contributed by atoms with E-state index in [9.17, 15) is 5.21 Å². The number of rotatable bonds is 1. The predicted octanol–water partition coefficient (Wildman–Crippen LogP) is 2.00. The highest BCUT2D eigenvalue weighted by molar-refractivity contribution is 5.06. The van der Waals surface area contributed by atoms with Crippen molar-refractivity contribution in [2.24, 2.45) is 0 Å². The van der Waals surface area contributed by atoms with Crippen LogP contribution in [0.5, 0.6) is 0 Å². The molecule has 0 saturated carbocycles. The fraction of sp³-hybridized carbons (Fsp3) is 0.750. The summed E-state index contributed by atoms with van der Waals surface area (Å²) in [6.07, 6.45) is 4.76. The molecule has 17 heavy (non-hydrogen) atoms. The molecule has 1 aliphatic heterocycles. The maximum absolute atomic E-state index is 10.2. The third kappa shape index (κ3) is 2.30. The van der Waals surface area contributed by atoms with E-state index in [4.69, 9.17) is 0 Å². The van der Waals surface area contributed by atoms with E-state index in [2.05, 4.69) is 15.0 Å². The van der Waals surface area contributed by atoms with Gasteiger partial charge < -0.3 is 5.21 Å². The van der Waals surface area contributed by atoms with Crippen molar-refractivity contribution in [2.45, 2.75) is 57.5 Å². The van der Waals surface area contributed by atoms with Crippen LogP contribution in [0.4, 0.5) is 0 Å². The largest absolute Gasteiger partial charge is 0.313 e. The Hall–Kier alpha value is -1.07. The maximum Gasteiger partial charge on any atom is 0.135 e. The van der Waals surface area contributed by atoms with Crippen molar-refractivity contribution in [3.8, 4) is 0 Å². The number of nitrogens with zero attached hydrogens (tertiary/aromatic N) is 4. The van der Waals surface area contributed by atoms with Gasteiger partial charge in [-0.15, -0.1) is 0 Å². The normalized spacial score (nSPS) is 24.8. The summed E-state index contributed by atoms with van der Waals surface area (Å²) >= 11 is 0. The highest BCUT2D eigenvalue weighted by atomic mass is 16.5. The van der Waals surface area contributed by atoms with Gasteiger partial charge in [0.1, 0.15) is 18.5 Å². The van der Waals surface area contributed by atoms with E-state index in [-0.39, 0.29) is 17.0 Å². The van der Waals surface area contributed by atoms with Crippen LogP contribution in [0.1, 0.15) is 52.3 Å². The van der Waals surface area contributed by atoms with Crippen molar-refractivity contribution in [2.75, 3.05) is 0 Å². The Morgan fingerprint density at radius 3 is 2.06 bits per heavy atom. The molecule has 2 rings (SSSR count). The second-order valence-electron chi connectivity index (χ2n) is 6.04. The van der Waals surface area contributed by atoms with Crippen LogP contribution in [-0.4, -0.2) is 36.3 Å². The first-order valence-electron chi connectivity index (χ1n) is 5.94. The Balaban J connectivity index is 2.28. The fourth-order valence-electron chi connectivity index (χ4n) is 2.91. The van der Waals surface area contributed by atoms with Crippen molar-refractivity contribution >= 4 is 0 Å². The lowest BCUT2D eigenvalue weighted by Crippen LogP contribution is -2.58. The molecular formula is C12H20N4O. The second-order valence-corrected chi connectivity index (χ2v) is 6.04. The first-order chi connectivity index (χ1) is 7.83. The predicted molar refractivity (Wildman–Crippen MR) is 63.6 cm³/mol. The van der Waals surface area contributed by atoms with Crippen LogP contribution in [0.25, 0.3) is 0 Å². The molecule has 1 fully saturated rings. The van der Waals surface area contributed by atoms with Crippen molar-refractivity contribution in [1.82, 2.24) is 20.0 Å². The van der Waals surface area contributed by atoms with Crippen molar-refractivity contribution in [3.63, 3.8) is 0 Å². The maximum atomic E-state index is 10.2. The van der Waals surface area contributed by atoms with Crippen molar-refractivity contribution in [1.29, 1.82) is 0 Å². The highest BCUT2D eigenvalue weighted by Gasteiger charge is 2.46. The summed E-state index contributed by atoms with van der Waals surface area (Å²) in [4.78, 5) is 12.3. The molecular weight excluding hydrogens is 216 g/mol. The molecule has 5 nitrogen and oxygen atoms in total. The minimum Gasteiger partial charge on any atom is -0.313 e. The number of hydrogen-bond acceptors (Lipinski definition) is 5. The van der Waals surface area contributed by atoms with Gasteiger partial charge in [0.2, 0.25) is 0 Å². The topological polar surface area (TPSA) is 62.1 Å². The summed E-state index contributed by atoms with van der Waals surface area (Å²) in [7, 11) is 0. The number of hydrogen-bond donors (Lipinski definition) is 1. The van der Waals surface area contributed by atoms with Crippen LogP contribution in [0.3, 0.4) is 0 Å².